The monoisotopic (exact) mass is 260 g/mol. The van der Waals surface area contributed by atoms with Crippen molar-refractivity contribution < 1.29 is 8.78 Å². The summed E-state index contributed by atoms with van der Waals surface area (Å²) in [7, 11) is 0. The average Bonchev–Trinajstić information content (AvgIpc) is 2.17. The fraction of sp³-hybridized carbons (Fsp3) is 0.333. The number of nitrogens with zero attached hydrogens (tertiary/aromatic N) is 2. The minimum Gasteiger partial charge on any atom is -0.240 e. The predicted octanol–water partition coefficient (Wildman–Crippen LogP) is 3.09. The molecular formula is C9H7BrF2N2. The van der Waals surface area contributed by atoms with Crippen LogP contribution >= 0.6 is 15.9 Å². The minimum atomic E-state index is -2.55. The van der Waals surface area contributed by atoms with Crippen LogP contribution in [-0.4, -0.2) is 4.98 Å². The van der Waals surface area contributed by atoms with Crippen LogP contribution in [0.25, 0.3) is 0 Å². The molecule has 14 heavy (non-hydrogen) atoms. The SMILES string of the molecule is Cc1cc(C(F)F)c(CBr)nc1C#N. The molecule has 0 atom stereocenters. The summed E-state index contributed by atoms with van der Waals surface area (Å²) in [5.74, 6) is 0. The molecule has 5 heteroatoms. The maximum absolute atomic E-state index is 12.5. The van der Waals surface area contributed by atoms with Crippen molar-refractivity contribution in [2.75, 3.05) is 0 Å². The molecule has 1 rings (SSSR count). The van der Waals surface area contributed by atoms with Gasteiger partial charge in [0.2, 0.25) is 0 Å². The van der Waals surface area contributed by atoms with Crippen molar-refractivity contribution in [2.45, 2.75) is 18.7 Å². The third-order valence-corrected chi connectivity index (χ3v) is 2.32. The van der Waals surface area contributed by atoms with Crippen LogP contribution in [0.3, 0.4) is 0 Å². The highest BCUT2D eigenvalue weighted by Crippen LogP contribution is 2.25. The molecule has 0 spiro atoms. The Kier molecular flexibility index (Phi) is 3.53. The van der Waals surface area contributed by atoms with Crippen LogP contribution in [0, 0.1) is 18.3 Å². The lowest BCUT2D eigenvalue weighted by Crippen LogP contribution is -2.00. The number of nitriles is 1. The molecule has 2 nitrogen and oxygen atoms in total. The van der Waals surface area contributed by atoms with Crippen LogP contribution in [0.15, 0.2) is 6.07 Å². The van der Waals surface area contributed by atoms with E-state index in [0.717, 1.165) is 0 Å². The number of rotatable bonds is 2. The molecule has 0 aliphatic carbocycles. The van der Waals surface area contributed by atoms with E-state index < -0.39 is 6.43 Å². The van der Waals surface area contributed by atoms with Crippen molar-refractivity contribution in [3.8, 4) is 6.07 Å². The molecule has 1 heterocycles. The summed E-state index contributed by atoms with van der Waals surface area (Å²) in [6, 6.07) is 3.17. The molecular weight excluding hydrogens is 254 g/mol. The van der Waals surface area contributed by atoms with Gasteiger partial charge in [-0.2, -0.15) is 5.26 Å². The van der Waals surface area contributed by atoms with E-state index in [9.17, 15) is 8.78 Å². The van der Waals surface area contributed by atoms with Gasteiger partial charge in [0.05, 0.1) is 5.69 Å². The summed E-state index contributed by atoms with van der Waals surface area (Å²) in [5, 5.41) is 8.88. The van der Waals surface area contributed by atoms with Crippen molar-refractivity contribution in [2.24, 2.45) is 0 Å². The van der Waals surface area contributed by atoms with Gasteiger partial charge in [0.25, 0.3) is 6.43 Å². The Morgan fingerprint density at radius 1 is 1.64 bits per heavy atom. The maximum atomic E-state index is 12.5. The quantitative estimate of drug-likeness (QED) is 0.767. The zero-order chi connectivity index (χ0) is 10.7. The molecule has 1 aromatic heterocycles. The smallest absolute Gasteiger partial charge is 0.240 e. The molecule has 0 N–H and O–H groups in total. The standard InChI is InChI=1S/C9H7BrF2N2/c1-5-2-6(9(11)12)7(3-10)14-8(5)4-13/h2,9H,3H2,1H3. The molecule has 0 bridgehead atoms. The van der Waals surface area contributed by atoms with Gasteiger partial charge in [0, 0.05) is 10.9 Å². The number of pyridine rings is 1. The molecule has 0 fully saturated rings. The molecule has 0 unspecified atom stereocenters. The molecule has 0 aliphatic heterocycles. The van der Waals surface area contributed by atoms with Crippen LogP contribution < -0.4 is 0 Å². The van der Waals surface area contributed by atoms with Gasteiger partial charge in [-0.05, 0) is 18.6 Å². The van der Waals surface area contributed by atoms with Crippen LogP contribution in [0.2, 0.25) is 0 Å². The molecule has 0 aromatic carbocycles. The highest BCUT2D eigenvalue weighted by Gasteiger charge is 2.15. The first kappa shape index (κ1) is 11.1. The van der Waals surface area contributed by atoms with E-state index in [1.807, 2.05) is 6.07 Å². The second-order valence-electron chi connectivity index (χ2n) is 2.74. The molecule has 0 aliphatic rings. The Morgan fingerprint density at radius 2 is 2.29 bits per heavy atom. The van der Waals surface area contributed by atoms with Crippen LogP contribution in [0.5, 0.6) is 0 Å². The first-order valence-corrected chi connectivity index (χ1v) is 4.97. The Hall–Kier alpha value is -1.02. The lowest BCUT2D eigenvalue weighted by Gasteiger charge is -2.07. The number of alkyl halides is 3. The second-order valence-corrected chi connectivity index (χ2v) is 3.30. The van der Waals surface area contributed by atoms with Crippen molar-refractivity contribution in [1.82, 2.24) is 4.98 Å². The minimum absolute atomic E-state index is 0.113. The van der Waals surface area contributed by atoms with Gasteiger partial charge in [-0.15, -0.1) is 0 Å². The molecule has 0 amide bonds. The molecule has 74 valence electrons. The van der Waals surface area contributed by atoms with Gasteiger partial charge < -0.3 is 0 Å². The van der Waals surface area contributed by atoms with E-state index in [1.54, 1.807) is 6.92 Å². The molecule has 0 saturated heterocycles. The van der Waals surface area contributed by atoms with Gasteiger partial charge >= 0.3 is 0 Å². The predicted molar refractivity (Wildman–Crippen MR) is 51.3 cm³/mol. The van der Waals surface area contributed by atoms with Crippen LogP contribution in [-0.2, 0) is 5.33 Å². The van der Waals surface area contributed by atoms with Crippen molar-refractivity contribution >= 4 is 15.9 Å². The van der Waals surface area contributed by atoms with Gasteiger partial charge in [-0.1, -0.05) is 15.9 Å². The van der Waals surface area contributed by atoms with Gasteiger partial charge in [-0.3, -0.25) is 0 Å². The van der Waals surface area contributed by atoms with E-state index in [1.165, 1.54) is 6.07 Å². The molecule has 0 saturated carbocycles. The Morgan fingerprint density at radius 3 is 2.71 bits per heavy atom. The van der Waals surface area contributed by atoms with E-state index in [2.05, 4.69) is 20.9 Å². The van der Waals surface area contributed by atoms with E-state index >= 15 is 0 Å². The Bertz CT molecular complexity index is 385. The summed E-state index contributed by atoms with van der Waals surface area (Å²) < 4.78 is 25.0. The van der Waals surface area contributed by atoms with Crippen molar-refractivity contribution in [1.29, 1.82) is 5.26 Å². The number of hydrogen-bond donors (Lipinski definition) is 0. The summed E-state index contributed by atoms with van der Waals surface area (Å²) >= 11 is 3.06. The highest BCUT2D eigenvalue weighted by atomic mass is 79.9. The highest BCUT2D eigenvalue weighted by molar-refractivity contribution is 9.08. The second kappa shape index (κ2) is 4.47. The number of aromatic nitrogens is 1. The first-order valence-electron chi connectivity index (χ1n) is 3.84. The summed E-state index contributed by atoms with van der Waals surface area (Å²) in [5.41, 5.74) is 0.789. The summed E-state index contributed by atoms with van der Waals surface area (Å²) in [4.78, 5) is 3.84. The lowest BCUT2D eigenvalue weighted by molar-refractivity contribution is 0.150. The largest absolute Gasteiger partial charge is 0.265 e. The third kappa shape index (κ3) is 2.07. The first-order chi connectivity index (χ1) is 6.60. The molecule has 1 aromatic rings. The van der Waals surface area contributed by atoms with E-state index in [4.69, 9.17) is 5.26 Å². The number of halogens is 3. The van der Waals surface area contributed by atoms with Crippen molar-refractivity contribution in [3.05, 3.63) is 28.6 Å². The van der Waals surface area contributed by atoms with E-state index in [0.29, 0.717) is 5.56 Å². The lowest BCUT2D eigenvalue weighted by atomic mass is 10.1. The van der Waals surface area contributed by atoms with Gasteiger partial charge in [-0.25, -0.2) is 13.8 Å². The maximum Gasteiger partial charge on any atom is 0.265 e. The van der Waals surface area contributed by atoms with Crippen LogP contribution in [0.4, 0.5) is 8.78 Å². The van der Waals surface area contributed by atoms with Gasteiger partial charge in [0.1, 0.15) is 11.8 Å². The Labute approximate surface area is 88.7 Å². The van der Waals surface area contributed by atoms with Crippen LogP contribution in [0.1, 0.15) is 28.9 Å². The zero-order valence-electron chi connectivity index (χ0n) is 7.39. The van der Waals surface area contributed by atoms with Crippen molar-refractivity contribution in [3.63, 3.8) is 0 Å². The third-order valence-electron chi connectivity index (χ3n) is 1.79. The average molecular weight is 261 g/mol. The van der Waals surface area contributed by atoms with Gasteiger partial charge in [0.15, 0.2) is 0 Å². The zero-order valence-corrected chi connectivity index (χ0v) is 8.98. The number of hydrogen-bond acceptors (Lipinski definition) is 2. The fourth-order valence-corrected chi connectivity index (χ4v) is 1.53. The summed E-state index contributed by atoms with van der Waals surface area (Å²) in [6.45, 7) is 1.59. The molecule has 0 radical (unpaired) electrons. The normalized spacial score (nSPS) is 10.3. The van der Waals surface area contributed by atoms with E-state index in [-0.39, 0.29) is 22.3 Å². The number of aryl methyl sites for hydroxylation is 1. The summed E-state index contributed by atoms with van der Waals surface area (Å²) in [6.07, 6.45) is -2.55. The topological polar surface area (TPSA) is 36.7 Å². The Balaban J connectivity index is 3.33. The fourth-order valence-electron chi connectivity index (χ4n) is 1.08.